The van der Waals surface area contributed by atoms with E-state index in [1.165, 1.54) is 22.1 Å². The van der Waals surface area contributed by atoms with Crippen molar-refractivity contribution < 1.29 is 0 Å². The van der Waals surface area contributed by atoms with E-state index in [0.29, 0.717) is 0 Å². The van der Waals surface area contributed by atoms with Crippen molar-refractivity contribution in [1.82, 2.24) is 18.7 Å². The number of anilines is 2. The van der Waals surface area contributed by atoms with Crippen molar-refractivity contribution >= 4 is 48.5 Å². The highest BCUT2D eigenvalue weighted by molar-refractivity contribution is 7.64. The van der Waals surface area contributed by atoms with Gasteiger partial charge in [-0.2, -0.15) is 0 Å². The van der Waals surface area contributed by atoms with Crippen LogP contribution in [0.5, 0.6) is 0 Å². The molecule has 0 radical (unpaired) electrons. The average molecular weight is 448 g/mol. The van der Waals surface area contributed by atoms with Crippen LogP contribution in [0.1, 0.15) is 0 Å². The van der Waals surface area contributed by atoms with Crippen LogP contribution in [-0.4, -0.2) is 89.2 Å². The van der Waals surface area contributed by atoms with E-state index in [4.69, 9.17) is 9.49 Å². The molecule has 30 heavy (non-hydrogen) atoms. The van der Waals surface area contributed by atoms with Gasteiger partial charge in [0.1, 0.15) is 0 Å². The Morgan fingerprint density at radius 2 is 0.933 bits per heavy atom. The van der Waals surface area contributed by atoms with Crippen molar-refractivity contribution in [3.8, 4) is 0 Å². The molecule has 10 heteroatoms. The largest absolute Gasteiger partial charge is 0.316 e. The molecule has 2 aliphatic rings. The fourth-order valence-electron chi connectivity index (χ4n) is 4.92. The second-order valence-corrected chi connectivity index (χ2v) is 15.6. The zero-order valence-corrected chi connectivity index (χ0v) is 21.6. The molecule has 4 rings (SSSR count). The monoisotopic (exact) mass is 448 g/mol. The van der Waals surface area contributed by atoms with Crippen LogP contribution in [0.3, 0.4) is 0 Å². The van der Waals surface area contributed by atoms with E-state index in [0.717, 1.165) is 11.4 Å². The van der Waals surface area contributed by atoms with Crippen molar-refractivity contribution in [3.05, 3.63) is 24.3 Å². The lowest BCUT2D eigenvalue weighted by atomic mass is 10.0. The Kier molecular flexibility index (Phi) is 5.13. The fraction of sp³-hybridized carbons (Fsp3) is 0.500. The zero-order chi connectivity index (χ0) is 22.2. The summed E-state index contributed by atoms with van der Waals surface area (Å²) in [6.07, 6.45) is 0. The van der Waals surface area contributed by atoms with Crippen LogP contribution in [0.25, 0.3) is 10.8 Å². The molecule has 2 heterocycles. The second-order valence-electron chi connectivity index (χ2n) is 8.67. The molecular formula is C20H34N8P2. The minimum Gasteiger partial charge on any atom is -0.316 e. The first kappa shape index (κ1) is 21.8. The lowest BCUT2D eigenvalue weighted by molar-refractivity contribution is 0.559. The summed E-state index contributed by atoms with van der Waals surface area (Å²) in [5, 5.41) is 2.36. The van der Waals surface area contributed by atoms with Gasteiger partial charge in [-0.1, -0.05) is 12.1 Å². The number of benzene rings is 2. The van der Waals surface area contributed by atoms with Crippen molar-refractivity contribution in [1.29, 1.82) is 0 Å². The normalized spacial score (nSPS) is 19.1. The lowest BCUT2D eigenvalue weighted by Crippen LogP contribution is -2.30. The molecule has 0 atom stereocenters. The van der Waals surface area contributed by atoms with Crippen molar-refractivity contribution in [2.45, 2.75) is 0 Å². The maximum absolute atomic E-state index is 5.43. The summed E-state index contributed by atoms with van der Waals surface area (Å²) in [6.45, 7) is 0. The summed E-state index contributed by atoms with van der Waals surface area (Å²) >= 11 is 0. The van der Waals surface area contributed by atoms with Crippen molar-refractivity contribution in [2.75, 3.05) is 79.8 Å². The van der Waals surface area contributed by atoms with Gasteiger partial charge in [-0.05, 0) is 73.9 Å². The molecule has 0 saturated heterocycles. The van der Waals surface area contributed by atoms with E-state index in [2.05, 4.69) is 123 Å². The van der Waals surface area contributed by atoms with E-state index < -0.39 is 15.0 Å². The third-order valence-electron chi connectivity index (χ3n) is 6.21. The summed E-state index contributed by atoms with van der Waals surface area (Å²) in [6, 6.07) is 8.85. The average Bonchev–Trinajstić information content (AvgIpc) is 3.15. The van der Waals surface area contributed by atoms with Crippen LogP contribution in [-0.2, 0) is 0 Å². The molecule has 0 saturated carbocycles. The van der Waals surface area contributed by atoms with Crippen molar-refractivity contribution in [3.63, 3.8) is 0 Å². The molecule has 0 N–H and O–H groups in total. The van der Waals surface area contributed by atoms with Gasteiger partial charge in [0.15, 0.2) is 15.0 Å². The predicted molar refractivity (Wildman–Crippen MR) is 134 cm³/mol. The topological polar surface area (TPSA) is 44.2 Å². The third-order valence-corrected chi connectivity index (χ3v) is 13.5. The first-order valence-corrected chi connectivity index (χ1v) is 13.2. The van der Waals surface area contributed by atoms with Crippen LogP contribution in [0.15, 0.2) is 33.8 Å². The SMILES string of the molecule is CN(C)P1(N(C)C)=Nc2c(ccc3ccc4c(c23)N=P(N(C)C)(N(C)C)N4C)N1C. The van der Waals surface area contributed by atoms with Gasteiger partial charge in [0.2, 0.25) is 0 Å². The van der Waals surface area contributed by atoms with Crippen LogP contribution < -0.4 is 9.34 Å². The molecule has 0 amide bonds. The molecule has 2 aromatic carbocycles. The molecule has 0 unspecified atom stereocenters. The Balaban J connectivity index is 2.13. The number of rotatable bonds is 4. The molecule has 164 valence electrons. The fourth-order valence-corrected chi connectivity index (χ4v) is 11.3. The maximum atomic E-state index is 5.43. The van der Waals surface area contributed by atoms with Gasteiger partial charge in [-0.3, -0.25) is 0 Å². The van der Waals surface area contributed by atoms with Crippen LogP contribution in [0.4, 0.5) is 22.7 Å². The summed E-state index contributed by atoms with van der Waals surface area (Å²) in [7, 11) is 17.3. The molecule has 0 fully saturated rings. The van der Waals surface area contributed by atoms with Gasteiger partial charge < -0.3 is 9.34 Å². The van der Waals surface area contributed by atoms with Gasteiger partial charge in [-0.25, -0.2) is 28.2 Å². The first-order valence-electron chi connectivity index (χ1n) is 10.0. The molecule has 0 bridgehead atoms. The minimum absolute atomic E-state index is 1.07. The number of nitrogens with zero attached hydrogens (tertiary/aromatic N) is 8. The van der Waals surface area contributed by atoms with E-state index in [1.54, 1.807) is 0 Å². The molecule has 2 aromatic rings. The summed E-state index contributed by atoms with van der Waals surface area (Å²) < 4.78 is 24.6. The highest BCUT2D eigenvalue weighted by atomic mass is 31.2. The quantitative estimate of drug-likeness (QED) is 0.604. The van der Waals surface area contributed by atoms with Gasteiger partial charge in [0.05, 0.1) is 22.7 Å². The Hall–Kier alpha value is -1.40. The van der Waals surface area contributed by atoms with Crippen molar-refractivity contribution in [2.24, 2.45) is 9.49 Å². The molecular weight excluding hydrogens is 414 g/mol. The summed E-state index contributed by atoms with van der Waals surface area (Å²) in [5.74, 6) is 0. The van der Waals surface area contributed by atoms with Gasteiger partial charge in [0, 0.05) is 19.5 Å². The molecule has 8 nitrogen and oxygen atoms in total. The number of fused-ring (bicyclic) bond motifs is 5. The molecule has 0 spiro atoms. The van der Waals surface area contributed by atoms with Crippen LogP contribution in [0, 0.1) is 0 Å². The van der Waals surface area contributed by atoms with E-state index >= 15 is 0 Å². The smallest absolute Gasteiger partial charge is 0.196 e. The second kappa shape index (κ2) is 7.06. The van der Waals surface area contributed by atoms with E-state index in [-0.39, 0.29) is 0 Å². The highest BCUT2D eigenvalue weighted by Gasteiger charge is 2.41. The van der Waals surface area contributed by atoms with Gasteiger partial charge in [-0.15, -0.1) is 0 Å². The highest BCUT2D eigenvalue weighted by Crippen LogP contribution is 2.71. The first-order chi connectivity index (χ1) is 14.0. The van der Waals surface area contributed by atoms with Gasteiger partial charge in [0.25, 0.3) is 0 Å². The summed E-state index contributed by atoms with van der Waals surface area (Å²) in [4.78, 5) is 0. The standard InChI is InChI=1S/C20H34N8P2/c1-23(2)29(24(3)4)21-19-16(27(29)9)13-11-15-12-14-17-20(18(15)19)22-30(25(5)6,26(7)8)28(17)10/h11-14H,1-10H3. The molecule has 2 aliphatic heterocycles. The molecule has 0 aromatic heterocycles. The summed E-state index contributed by atoms with van der Waals surface area (Å²) in [5.41, 5.74) is 4.49. The van der Waals surface area contributed by atoms with Crippen LogP contribution >= 0.6 is 15.0 Å². The molecule has 0 aliphatic carbocycles. The Bertz CT molecular complexity index is 1030. The Morgan fingerprint density at radius 3 is 1.23 bits per heavy atom. The lowest BCUT2D eigenvalue weighted by Gasteiger charge is -2.39. The van der Waals surface area contributed by atoms with Crippen LogP contribution in [0.2, 0.25) is 0 Å². The maximum Gasteiger partial charge on any atom is 0.196 e. The Morgan fingerprint density at radius 1 is 0.600 bits per heavy atom. The van der Waals surface area contributed by atoms with E-state index in [9.17, 15) is 0 Å². The van der Waals surface area contributed by atoms with E-state index in [1.807, 2.05) is 0 Å². The third kappa shape index (κ3) is 2.56. The number of hydrogen-bond donors (Lipinski definition) is 0. The number of hydrogen-bond acceptors (Lipinski definition) is 8. The zero-order valence-electron chi connectivity index (χ0n) is 19.8. The van der Waals surface area contributed by atoms with Gasteiger partial charge >= 0.3 is 0 Å². The predicted octanol–water partition coefficient (Wildman–Crippen LogP) is 5.14. The minimum atomic E-state index is -2.02. The Labute approximate surface area is 181 Å².